The minimum atomic E-state index is -0.408. The van der Waals surface area contributed by atoms with Crippen LogP contribution in [0.2, 0.25) is 0 Å². The Morgan fingerprint density at radius 3 is 2.77 bits per heavy atom. The zero-order chi connectivity index (χ0) is 21.2. The lowest BCUT2D eigenvalue weighted by Crippen LogP contribution is -2.10. The van der Waals surface area contributed by atoms with Gasteiger partial charge in [-0.25, -0.2) is 9.07 Å². The maximum Gasteiger partial charge on any atom is 0.280 e. The Hall–Kier alpha value is -4.14. The van der Waals surface area contributed by atoms with Gasteiger partial charge >= 0.3 is 0 Å². The molecule has 31 heavy (non-hydrogen) atoms. The summed E-state index contributed by atoms with van der Waals surface area (Å²) in [6.07, 6.45) is 6.02. The first-order valence-corrected chi connectivity index (χ1v) is 9.62. The van der Waals surface area contributed by atoms with Gasteiger partial charge in [0.25, 0.3) is 5.89 Å². The van der Waals surface area contributed by atoms with Crippen LogP contribution in [0.3, 0.4) is 0 Å². The van der Waals surface area contributed by atoms with Crippen molar-refractivity contribution in [3.05, 3.63) is 72.3 Å². The van der Waals surface area contributed by atoms with E-state index in [9.17, 15) is 4.39 Å². The van der Waals surface area contributed by atoms with Crippen LogP contribution in [0.4, 0.5) is 4.39 Å². The number of aromatic nitrogens is 5. The van der Waals surface area contributed by atoms with Gasteiger partial charge in [-0.15, -0.1) is 5.10 Å². The zero-order valence-corrected chi connectivity index (χ0v) is 16.5. The van der Waals surface area contributed by atoms with Gasteiger partial charge in [0.15, 0.2) is 5.69 Å². The van der Waals surface area contributed by atoms with Crippen LogP contribution in [0.15, 0.2) is 70.3 Å². The van der Waals surface area contributed by atoms with E-state index in [2.05, 4.69) is 25.4 Å². The lowest BCUT2D eigenvalue weighted by molar-refractivity contribution is 0.413. The number of benzene rings is 2. The molecule has 154 valence electrons. The number of allylic oxidation sites excluding steroid dienone is 1. The number of halogens is 1. The fraction of sp³-hybridized carbons (Fsp3) is 0.136. The molecular formula is C22H17FN6O2. The first-order valence-electron chi connectivity index (χ1n) is 9.62. The van der Waals surface area contributed by atoms with Gasteiger partial charge in [0, 0.05) is 18.3 Å². The van der Waals surface area contributed by atoms with Crippen molar-refractivity contribution in [1.82, 2.24) is 25.1 Å². The molecule has 0 amide bonds. The second-order valence-electron chi connectivity index (χ2n) is 6.83. The maximum absolute atomic E-state index is 14.5. The molecule has 0 aliphatic carbocycles. The Morgan fingerprint density at radius 1 is 1.13 bits per heavy atom. The molecule has 0 spiro atoms. The highest BCUT2D eigenvalue weighted by Crippen LogP contribution is 2.34. The lowest BCUT2D eigenvalue weighted by Gasteiger charge is -2.15. The molecule has 2 aromatic carbocycles. The number of nitrogens with zero attached hydrogens (tertiary/aromatic N) is 6. The Balaban J connectivity index is 1.64. The van der Waals surface area contributed by atoms with Crippen LogP contribution >= 0.6 is 0 Å². The van der Waals surface area contributed by atoms with Crippen molar-refractivity contribution in [2.75, 3.05) is 7.11 Å². The van der Waals surface area contributed by atoms with Crippen LogP contribution in [0.1, 0.15) is 18.0 Å². The first-order chi connectivity index (χ1) is 15.3. The standard InChI is InChI=1S/C22H17FN6O2/c1-30-18-9-5-2-6-15(18)21-25-22(31-27-21)19-20(14-10-12-24-13-11-14)29(28-26-19)17-8-4-3-7-16(17)23/h2-10,12-14H,11H2,1H3. The third-order valence-corrected chi connectivity index (χ3v) is 4.98. The third-order valence-electron chi connectivity index (χ3n) is 4.98. The number of hydrogen-bond acceptors (Lipinski definition) is 7. The highest BCUT2D eigenvalue weighted by molar-refractivity contribution is 5.67. The van der Waals surface area contributed by atoms with Crippen molar-refractivity contribution in [2.24, 2.45) is 4.99 Å². The normalized spacial score (nSPS) is 15.4. The monoisotopic (exact) mass is 416 g/mol. The van der Waals surface area contributed by atoms with Crippen LogP contribution in [-0.2, 0) is 0 Å². The molecule has 9 heteroatoms. The third kappa shape index (κ3) is 3.39. The molecule has 8 nitrogen and oxygen atoms in total. The molecule has 0 fully saturated rings. The Bertz CT molecular complexity index is 1290. The quantitative estimate of drug-likeness (QED) is 0.484. The summed E-state index contributed by atoms with van der Waals surface area (Å²) in [5.74, 6) is 0.628. The number of aliphatic imine (C=N–C) groups is 1. The van der Waals surface area contributed by atoms with Gasteiger partial charge in [-0.2, -0.15) is 4.98 Å². The smallest absolute Gasteiger partial charge is 0.280 e. The first kappa shape index (κ1) is 18.9. The summed E-state index contributed by atoms with van der Waals surface area (Å²) < 4.78 is 26.9. The largest absolute Gasteiger partial charge is 0.496 e. The molecule has 3 heterocycles. The number of methoxy groups -OCH3 is 1. The van der Waals surface area contributed by atoms with E-state index in [1.54, 1.807) is 37.7 Å². The van der Waals surface area contributed by atoms with Gasteiger partial charge in [-0.1, -0.05) is 40.7 Å². The average Bonchev–Trinajstić information content (AvgIpc) is 3.47. The van der Waals surface area contributed by atoms with Crippen molar-refractivity contribution in [1.29, 1.82) is 0 Å². The molecular weight excluding hydrogens is 399 g/mol. The van der Waals surface area contributed by atoms with Gasteiger partial charge in [-0.3, -0.25) is 4.99 Å². The van der Waals surface area contributed by atoms with Crippen LogP contribution in [-0.4, -0.2) is 38.5 Å². The van der Waals surface area contributed by atoms with E-state index in [1.165, 1.54) is 10.7 Å². The summed E-state index contributed by atoms with van der Waals surface area (Å²) in [5, 5.41) is 12.6. The van der Waals surface area contributed by atoms with Gasteiger partial charge < -0.3 is 9.26 Å². The van der Waals surface area contributed by atoms with Crippen molar-refractivity contribution in [2.45, 2.75) is 12.3 Å². The lowest BCUT2D eigenvalue weighted by atomic mass is 9.98. The Kier molecular flexibility index (Phi) is 4.83. The molecule has 1 unspecified atom stereocenters. The summed E-state index contributed by atoms with van der Waals surface area (Å²) in [5.41, 5.74) is 2.01. The summed E-state index contributed by atoms with van der Waals surface area (Å²) in [7, 11) is 1.58. The summed E-state index contributed by atoms with van der Waals surface area (Å²) in [6, 6.07) is 13.8. The topological polar surface area (TPSA) is 91.2 Å². The van der Waals surface area contributed by atoms with E-state index in [0.29, 0.717) is 34.9 Å². The SMILES string of the molecule is COc1ccccc1-c1noc(-c2nnn(-c3ccccc3F)c2C2C=CN=CC2)n1. The van der Waals surface area contributed by atoms with Gasteiger partial charge in [-0.05, 0) is 30.7 Å². The molecule has 0 bridgehead atoms. The number of hydrogen-bond donors (Lipinski definition) is 0. The molecule has 0 N–H and O–H groups in total. The van der Waals surface area contributed by atoms with E-state index in [4.69, 9.17) is 9.26 Å². The molecule has 4 aromatic rings. The highest BCUT2D eigenvalue weighted by atomic mass is 19.1. The molecule has 0 saturated heterocycles. The highest BCUT2D eigenvalue weighted by Gasteiger charge is 2.28. The molecule has 1 atom stereocenters. The summed E-state index contributed by atoms with van der Waals surface area (Å²) in [6.45, 7) is 0. The molecule has 0 saturated carbocycles. The van der Waals surface area contributed by atoms with Crippen molar-refractivity contribution >= 4 is 6.21 Å². The molecule has 0 radical (unpaired) electrons. The number of rotatable bonds is 5. The van der Waals surface area contributed by atoms with Crippen LogP contribution in [0, 0.1) is 5.82 Å². The Morgan fingerprint density at radius 2 is 1.97 bits per heavy atom. The van der Waals surface area contributed by atoms with Gasteiger partial charge in [0.2, 0.25) is 5.82 Å². The fourth-order valence-electron chi connectivity index (χ4n) is 3.50. The van der Waals surface area contributed by atoms with E-state index >= 15 is 0 Å². The summed E-state index contributed by atoms with van der Waals surface area (Å²) in [4.78, 5) is 8.65. The predicted octanol–water partition coefficient (Wildman–Crippen LogP) is 4.20. The van der Waals surface area contributed by atoms with E-state index in [-0.39, 0.29) is 17.5 Å². The van der Waals surface area contributed by atoms with Crippen molar-refractivity contribution < 1.29 is 13.7 Å². The van der Waals surface area contributed by atoms with E-state index in [1.807, 2.05) is 30.3 Å². The average molecular weight is 416 g/mol. The molecule has 1 aliphatic rings. The van der Waals surface area contributed by atoms with Crippen LogP contribution < -0.4 is 4.74 Å². The van der Waals surface area contributed by atoms with Crippen molar-refractivity contribution in [3.63, 3.8) is 0 Å². The second-order valence-corrected chi connectivity index (χ2v) is 6.83. The molecule has 5 rings (SSSR count). The van der Waals surface area contributed by atoms with E-state index in [0.717, 1.165) is 0 Å². The van der Waals surface area contributed by atoms with Crippen LogP contribution in [0.25, 0.3) is 28.7 Å². The van der Waals surface area contributed by atoms with E-state index < -0.39 is 5.82 Å². The number of ether oxygens (including phenoxy) is 1. The Labute approximate surface area is 176 Å². The minimum absolute atomic E-state index is 0.135. The maximum atomic E-state index is 14.5. The zero-order valence-electron chi connectivity index (χ0n) is 16.5. The predicted molar refractivity (Wildman–Crippen MR) is 112 cm³/mol. The second kappa shape index (κ2) is 7.94. The van der Waals surface area contributed by atoms with Gasteiger partial charge in [0.1, 0.15) is 17.3 Å². The minimum Gasteiger partial charge on any atom is -0.496 e. The number of para-hydroxylation sites is 2. The molecule has 2 aromatic heterocycles. The molecule has 1 aliphatic heterocycles. The van der Waals surface area contributed by atoms with Gasteiger partial charge in [0.05, 0.1) is 18.4 Å². The summed E-state index contributed by atoms with van der Waals surface area (Å²) >= 11 is 0. The van der Waals surface area contributed by atoms with Crippen molar-refractivity contribution in [3.8, 4) is 34.4 Å². The van der Waals surface area contributed by atoms with Crippen LogP contribution in [0.5, 0.6) is 5.75 Å². The fourth-order valence-corrected chi connectivity index (χ4v) is 3.50.